The van der Waals surface area contributed by atoms with Crippen LogP contribution in [0.1, 0.15) is 43.0 Å². The summed E-state index contributed by atoms with van der Waals surface area (Å²) >= 11 is 0. The first-order valence-corrected chi connectivity index (χ1v) is 10.1. The van der Waals surface area contributed by atoms with Crippen LogP contribution in [0.2, 0.25) is 0 Å². The zero-order valence-electron chi connectivity index (χ0n) is 18.2. The molecule has 0 unspecified atom stereocenters. The van der Waals surface area contributed by atoms with Crippen molar-refractivity contribution in [3.8, 4) is 0 Å². The Morgan fingerprint density at radius 1 is 1.03 bits per heavy atom. The summed E-state index contributed by atoms with van der Waals surface area (Å²) in [5.41, 5.74) is 4.90. The van der Waals surface area contributed by atoms with Gasteiger partial charge in [0.15, 0.2) is 6.61 Å². The fraction of sp³-hybridized carbons (Fsp3) is 0.391. The van der Waals surface area contributed by atoms with Crippen LogP contribution in [0.4, 0.5) is 11.4 Å². The third-order valence-corrected chi connectivity index (χ3v) is 5.88. The highest BCUT2D eigenvalue weighted by atomic mass is 16.6. The van der Waals surface area contributed by atoms with Crippen molar-refractivity contribution in [1.29, 1.82) is 0 Å². The van der Waals surface area contributed by atoms with E-state index in [4.69, 9.17) is 9.47 Å². The summed E-state index contributed by atoms with van der Waals surface area (Å²) in [6.45, 7) is 9.42. The van der Waals surface area contributed by atoms with E-state index in [1.807, 2.05) is 32.6 Å². The van der Waals surface area contributed by atoms with Gasteiger partial charge in [0.25, 0.3) is 5.69 Å². The van der Waals surface area contributed by atoms with E-state index < -0.39 is 17.5 Å². The van der Waals surface area contributed by atoms with Gasteiger partial charge >= 0.3 is 5.97 Å². The first-order valence-electron chi connectivity index (χ1n) is 10.1. The van der Waals surface area contributed by atoms with Gasteiger partial charge in [-0.1, -0.05) is 0 Å². The molecule has 0 saturated carbocycles. The van der Waals surface area contributed by atoms with Crippen molar-refractivity contribution >= 4 is 23.1 Å². The lowest BCUT2D eigenvalue weighted by atomic mass is 9.93. The van der Waals surface area contributed by atoms with Gasteiger partial charge in [-0.05, 0) is 62.1 Å². The van der Waals surface area contributed by atoms with E-state index >= 15 is 0 Å². The summed E-state index contributed by atoms with van der Waals surface area (Å²) in [5, 5.41) is 11.2. The van der Waals surface area contributed by atoms with Gasteiger partial charge in [-0.3, -0.25) is 14.9 Å². The number of aryl methyl sites for hydroxylation is 1. The number of hydrogen-bond donors (Lipinski definition) is 0. The van der Waals surface area contributed by atoms with E-state index in [1.54, 1.807) is 12.1 Å². The van der Waals surface area contributed by atoms with Gasteiger partial charge in [0.2, 0.25) is 5.78 Å². The number of ether oxygens (including phenoxy) is 2. The fourth-order valence-corrected chi connectivity index (χ4v) is 3.67. The highest BCUT2D eigenvalue weighted by Gasteiger charge is 2.24. The van der Waals surface area contributed by atoms with Crippen LogP contribution in [0.5, 0.6) is 0 Å². The number of benzene rings is 2. The fourth-order valence-electron chi connectivity index (χ4n) is 3.67. The number of carbonyl (C=O) groups excluding carboxylic acids is 2. The number of hydrogen-bond acceptors (Lipinski definition) is 7. The summed E-state index contributed by atoms with van der Waals surface area (Å²) in [6, 6.07) is 5.90. The van der Waals surface area contributed by atoms with Gasteiger partial charge < -0.3 is 14.4 Å². The lowest BCUT2D eigenvalue weighted by molar-refractivity contribution is -0.384. The average molecular weight is 426 g/mol. The number of morpholine rings is 1. The number of rotatable bonds is 6. The Balaban J connectivity index is 1.83. The second-order valence-corrected chi connectivity index (χ2v) is 7.67. The standard InChI is InChI=1S/C23H26N2O6/c1-14-11-19(17(4)16(3)15(14)2)22(26)13-31-23(27)20-12-18(25(28)29)5-6-21(20)24-7-9-30-10-8-24/h5-6,11-12H,7-10,13H2,1-4H3. The number of nitrogens with zero attached hydrogens (tertiary/aromatic N) is 2. The van der Waals surface area contributed by atoms with Gasteiger partial charge in [0, 0.05) is 30.8 Å². The maximum atomic E-state index is 12.8. The highest BCUT2D eigenvalue weighted by Crippen LogP contribution is 2.27. The summed E-state index contributed by atoms with van der Waals surface area (Å²) in [4.78, 5) is 38.2. The topological polar surface area (TPSA) is 99.0 Å². The zero-order chi connectivity index (χ0) is 22.7. The van der Waals surface area contributed by atoms with Gasteiger partial charge in [-0.2, -0.15) is 0 Å². The maximum Gasteiger partial charge on any atom is 0.340 e. The van der Waals surface area contributed by atoms with E-state index in [-0.39, 0.29) is 17.0 Å². The molecule has 31 heavy (non-hydrogen) atoms. The zero-order valence-corrected chi connectivity index (χ0v) is 18.2. The molecule has 0 atom stereocenters. The van der Waals surface area contributed by atoms with Crippen LogP contribution >= 0.6 is 0 Å². The third-order valence-electron chi connectivity index (χ3n) is 5.88. The van der Waals surface area contributed by atoms with Crippen LogP contribution < -0.4 is 4.90 Å². The van der Waals surface area contributed by atoms with Crippen molar-refractivity contribution < 1.29 is 24.0 Å². The molecule has 0 bridgehead atoms. The molecule has 0 aliphatic carbocycles. The molecule has 1 heterocycles. The number of non-ortho nitro benzene ring substituents is 1. The molecular weight excluding hydrogens is 400 g/mol. The number of anilines is 1. The molecule has 1 aliphatic rings. The second kappa shape index (κ2) is 9.26. The normalized spacial score (nSPS) is 13.7. The minimum absolute atomic E-state index is 0.0666. The Hall–Kier alpha value is -3.26. The van der Waals surface area contributed by atoms with Crippen LogP contribution in [0, 0.1) is 37.8 Å². The molecule has 0 radical (unpaired) electrons. The van der Waals surface area contributed by atoms with Gasteiger partial charge in [0.05, 0.1) is 29.4 Å². The van der Waals surface area contributed by atoms with E-state index in [1.165, 1.54) is 12.1 Å². The second-order valence-electron chi connectivity index (χ2n) is 7.67. The van der Waals surface area contributed by atoms with Crippen LogP contribution in [0.3, 0.4) is 0 Å². The molecule has 164 valence electrons. The molecule has 1 aliphatic heterocycles. The van der Waals surface area contributed by atoms with Crippen LogP contribution in [-0.4, -0.2) is 49.6 Å². The lowest BCUT2D eigenvalue weighted by Crippen LogP contribution is -2.37. The third kappa shape index (κ3) is 4.74. The predicted octanol–water partition coefficient (Wildman–Crippen LogP) is 3.70. The predicted molar refractivity (Wildman–Crippen MR) is 116 cm³/mol. The van der Waals surface area contributed by atoms with E-state index in [0.717, 1.165) is 22.3 Å². The first kappa shape index (κ1) is 22.4. The van der Waals surface area contributed by atoms with Gasteiger partial charge in [0.1, 0.15) is 0 Å². The molecule has 3 rings (SSSR count). The Labute approximate surface area is 180 Å². The van der Waals surface area contributed by atoms with Crippen LogP contribution in [0.15, 0.2) is 24.3 Å². The monoisotopic (exact) mass is 426 g/mol. The molecule has 0 aromatic heterocycles. The smallest absolute Gasteiger partial charge is 0.340 e. The molecule has 2 aromatic rings. The van der Waals surface area contributed by atoms with Crippen molar-refractivity contribution in [2.24, 2.45) is 0 Å². The van der Waals surface area contributed by atoms with E-state index in [9.17, 15) is 19.7 Å². The molecular formula is C23H26N2O6. The van der Waals surface area contributed by atoms with Crippen LogP contribution in [-0.2, 0) is 9.47 Å². The summed E-state index contributed by atoms with van der Waals surface area (Å²) < 4.78 is 10.6. The summed E-state index contributed by atoms with van der Waals surface area (Å²) in [6.07, 6.45) is 0. The van der Waals surface area contributed by atoms with Crippen molar-refractivity contribution in [3.05, 3.63) is 67.8 Å². The Bertz CT molecular complexity index is 1040. The number of nitro benzene ring substituents is 1. The molecule has 1 saturated heterocycles. The summed E-state index contributed by atoms with van der Waals surface area (Å²) in [5.74, 6) is -1.08. The largest absolute Gasteiger partial charge is 0.454 e. The Morgan fingerprint density at radius 2 is 1.71 bits per heavy atom. The van der Waals surface area contributed by atoms with Gasteiger partial charge in [-0.15, -0.1) is 0 Å². The van der Waals surface area contributed by atoms with E-state index in [0.29, 0.717) is 37.6 Å². The lowest BCUT2D eigenvalue weighted by Gasteiger charge is -2.30. The Morgan fingerprint density at radius 3 is 2.35 bits per heavy atom. The average Bonchev–Trinajstić information content (AvgIpc) is 2.78. The summed E-state index contributed by atoms with van der Waals surface area (Å²) in [7, 11) is 0. The Kier molecular flexibility index (Phi) is 6.70. The molecule has 2 aromatic carbocycles. The van der Waals surface area contributed by atoms with Crippen molar-refractivity contribution in [3.63, 3.8) is 0 Å². The number of Topliss-reactive ketones (excluding diaryl/α,β-unsaturated/α-hetero) is 1. The number of carbonyl (C=O) groups is 2. The minimum atomic E-state index is -0.767. The number of nitro groups is 1. The minimum Gasteiger partial charge on any atom is -0.454 e. The van der Waals surface area contributed by atoms with Crippen molar-refractivity contribution in [1.82, 2.24) is 0 Å². The van der Waals surface area contributed by atoms with Gasteiger partial charge in [-0.25, -0.2) is 4.79 Å². The first-order chi connectivity index (χ1) is 14.7. The highest BCUT2D eigenvalue weighted by molar-refractivity contribution is 6.02. The number of ketones is 1. The molecule has 0 N–H and O–H groups in total. The SMILES string of the molecule is Cc1cc(C(=O)COC(=O)c2cc([N+](=O)[O-])ccc2N2CCOCC2)c(C)c(C)c1C. The number of esters is 1. The molecule has 8 heteroatoms. The van der Waals surface area contributed by atoms with Crippen molar-refractivity contribution in [2.45, 2.75) is 27.7 Å². The van der Waals surface area contributed by atoms with Crippen molar-refractivity contribution in [2.75, 3.05) is 37.8 Å². The quantitative estimate of drug-likeness (QED) is 0.300. The van der Waals surface area contributed by atoms with E-state index in [2.05, 4.69) is 0 Å². The maximum absolute atomic E-state index is 12.8. The molecule has 0 spiro atoms. The van der Waals surface area contributed by atoms with Crippen LogP contribution in [0.25, 0.3) is 0 Å². The molecule has 0 amide bonds. The molecule has 1 fully saturated rings. The molecule has 8 nitrogen and oxygen atoms in total.